The van der Waals surface area contributed by atoms with Crippen molar-refractivity contribution in [1.29, 1.82) is 0 Å². The second-order valence-corrected chi connectivity index (χ2v) is 8.78. The van der Waals surface area contributed by atoms with E-state index in [-0.39, 0.29) is 23.8 Å². The van der Waals surface area contributed by atoms with Crippen LogP contribution in [0.5, 0.6) is 11.5 Å². The Hall–Kier alpha value is -3.02. The van der Waals surface area contributed by atoms with Gasteiger partial charge in [-0.15, -0.1) is 0 Å². The number of rotatable bonds is 8. The summed E-state index contributed by atoms with van der Waals surface area (Å²) in [5.74, 6) is 1.75. The number of piperidine rings is 1. The van der Waals surface area contributed by atoms with Crippen LogP contribution in [0.1, 0.15) is 50.6 Å². The van der Waals surface area contributed by atoms with Crippen LogP contribution in [-0.2, 0) is 9.59 Å². The second kappa shape index (κ2) is 11.2. The molecule has 0 bridgehead atoms. The van der Waals surface area contributed by atoms with Crippen molar-refractivity contribution in [2.75, 3.05) is 32.8 Å². The average Bonchev–Trinajstić information content (AvgIpc) is 3.35. The summed E-state index contributed by atoms with van der Waals surface area (Å²) in [5.41, 5.74) is 1.16. The van der Waals surface area contributed by atoms with Crippen molar-refractivity contribution in [1.82, 2.24) is 9.80 Å². The van der Waals surface area contributed by atoms with Crippen molar-refractivity contribution in [3.05, 3.63) is 60.2 Å². The predicted octanol–water partition coefficient (Wildman–Crippen LogP) is 4.46. The van der Waals surface area contributed by atoms with E-state index >= 15 is 0 Å². The molecule has 2 atom stereocenters. The van der Waals surface area contributed by atoms with E-state index in [1.165, 1.54) is 0 Å². The van der Waals surface area contributed by atoms with Gasteiger partial charge in [-0.3, -0.25) is 9.59 Å². The molecule has 4 rings (SSSR count). The number of para-hydroxylation sites is 1. The van der Waals surface area contributed by atoms with Gasteiger partial charge in [0.05, 0.1) is 31.6 Å². The highest BCUT2D eigenvalue weighted by molar-refractivity contribution is 5.82. The summed E-state index contributed by atoms with van der Waals surface area (Å²) in [5, 5.41) is 0. The molecule has 0 radical (unpaired) electrons. The molecule has 2 aromatic rings. The molecular formula is C27H34N2O4. The van der Waals surface area contributed by atoms with Gasteiger partial charge in [0.1, 0.15) is 11.5 Å². The molecule has 6 heteroatoms. The van der Waals surface area contributed by atoms with Crippen LogP contribution in [0.15, 0.2) is 54.6 Å². The first-order chi connectivity index (χ1) is 16.2. The van der Waals surface area contributed by atoms with Crippen LogP contribution in [0.4, 0.5) is 0 Å². The topological polar surface area (TPSA) is 59.1 Å². The highest BCUT2D eigenvalue weighted by Gasteiger charge is 2.36. The second-order valence-electron chi connectivity index (χ2n) is 8.78. The summed E-state index contributed by atoms with van der Waals surface area (Å²) in [6.07, 6.45) is 4.02. The third-order valence-electron chi connectivity index (χ3n) is 6.56. The van der Waals surface area contributed by atoms with Crippen molar-refractivity contribution in [2.24, 2.45) is 5.92 Å². The Morgan fingerprint density at radius 2 is 1.64 bits per heavy atom. The van der Waals surface area contributed by atoms with Crippen LogP contribution in [0.2, 0.25) is 0 Å². The Morgan fingerprint density at radius 1 is 0.909 bits per heavy atom. The van der Waals surface area contributed by atoms with Crippen LogP contribution in [-0.4, -0.2) is 54.5 Å². The van der Waals surface area contributed by atoms with E-state index in [1.807, 2.05) is 59.2 Å². The Balaban J connectivity index is 1.32. The summed E-state index contributed by atoms with van der Waals surface area (Å²) in [7, 11) is 0. The smallest absolute Gasteiger partial charge is 0.227 e. The van der Waals surface area contributed by atoms with Gasteiger partial charge in [-0.1, -0.05) is 30.3 Å². The molecular weight excluding hydrogens is 416 g/mol. The Kier molecular flexibility index (Phi) is 7.87. The Morgan fingerprint density at radius 3 is 2.39 bits per heavy atom. The van der Waals surface area contributed by atoms with Crippen LogP contribution >= 0.6 is 0 Å². The maximum Gasteiger partial charge on any atom is 0.227 e. The lowest BCUT2D eigenvalue weighted by Crippen LogP contribution is -2.46. The molecule has 2 aliphatic heterocycles. The van der Waals surface area contributed by atoms with Gasteiger partial charge in [0.15, 0.2) is 0 Å². The Labute approximate surface area is 196 Å². The number of hydrogen-bond donors (Lipinski definition) is 0. The van der Waals surface area contributed by atoms with E-state index in [0.29, 0.717) is 26.2 Å². The van der Waals surface area contributed by atoms with Gasteiger partial charge in [-0.2, -0.15) is 0 Å². The minimum absolute atomic E-state index is 0.0629. The van der Waals surface area contributed by atoms with E-state index < -0.39 is 0 Å². The van der Waals surface area contributed by atoms with Crippen molar-refractivity contribution in [3.63, 3.8) is 0 Å². The first kappa shape index (κ1) is 23.1. The van der Waals surface area contributed by atoms with E-state index in [9.17, 15) is 9.59 Å². The molecule has 176 valence electrons. The van der Waals surface area contributed by atoms with Crippen LogP contribution in [0, 0.1) is 5.92 Å². The highest BCUT2D eigenvalue weighted by atomic mass is 16.5. The lowest BCUT2D eigenvalue weighted by Gasteiger charge is -2.36. The number of carbonyl (C=O) groups is 2. The van der Waals surface area contributed by atoms with Crippen LogP contribution < -0.4 is 9.47 Å². The summed E-state index contributed by atoms with van der Waals surface area (Å²) < 4.78 is 11.2. The fourth-order valence-electron chi connectivity index (χ4n) is 4.90. The molecule has 2 aromatic carbocycles. The van der Waals surface area contributed by atoms with Gasteiger partial charge in [0, 0.05) is 19.6 Å². The zero-order valence-electron chi connectivity index (χ0n) is 19.4. The van der Waals surface area contributed by atoms with E-state index in [4.69, 9.17) is 9.47 Å². The number of hydrogen-bond acceptors (Lipinski definition) is 4. The predicted molar refractivity (Wildman–Crippen MR) is 127 cm³/mol. The average molecular weight is 451 g/mol. The quantitative estimate of drug-likeness (QED) is 0.596. The number of likely N-dealkylation sites (tertiary alicyclic amines) is 2. The van der Waals surface area contributed by atoms with Crippen molar-refractivity contribution >= 4 is 11.8 Å². The summed E-state index contributed by atoms with van der Waals surface area (Å²) in [6.45, 7) is 4.98. The van der Waals surface area contributed by atoms with E-state index in [2.05, 4.69) is 12.1 Å². The fourth-order valence-corrected chi connectivity index (χ4v) is 4.90. The highest BCUT2D eigenvalue weighted by Crippen LogP contribution is 2.35. The molecule has 0 saturated carbocycles. The third kappa shape index (κ3) is 5.86. The zero-order chi connectivity index (χ0) is 23.0. The number of amides is 2. The first-order valence-electron chi connectivity index (χ1n) is 12.1. The lowest BCUT2D eigenvalue weighted by molar-refractivity contribution is -0.141. The van der Waals surface area contributed by atoms with E-state index in [1.54, 1.807) is 0 Å². The first-order valence-corrected chi connectivity index (χ1v) is 12.1. The molecule has 6 nitrogen and oxygen atoms in total. The van der Waals surface area contributed by atoms with Crippen molar-refractivity contribution in [2.45, 2.75) is 45.1 Å². The van der Waals surface area contributed by atoms with Gasteiger partial charge in [0.2, 0.25) is 11.8 Å². The number of carbonyl (C=O) groups excluding carboxylic acids is 2. The number of nitrogens with zero attached hydrogens (tertiary/aromatic N) is 2. The Bertz CT molecular complexity index is 915. The molecule has 0 N–H and O–H groups in total. The van der Waals surface area contributed by atoms with E-state index in [0.717, 1.165) is 55.8 Å². The largest absolute Gasteiger partial charge is 0.494 e. The molecule has 0 aromatic heterocycles. The molecule has 2 heterocycles. The molecule has 0 spiro atoms. The molecule has 2 fully saturated rings. The minimum Gasteiger partial charge on any atom is -0.494 e. The molecule has 0 unspecified atom stereocenters. The number of ether oxygens (including phenoxy) is 2. The maximum atomic E-state index is 13.5. The van der Waals surface area contributed by atoms with Gasteiger partial charge in [-0.25, -0.2) is 0 Å². The van der Waals surface area contributed by atoms with Gasteiger partial charge in [-0.05, 0) is 62.4 Å². The van der Waals surface area contributed by atoms with Crippen molar-refractivity contribution in [3.8, 4) is 11.5 Å². The molecule has 33 heavy (non-hydrogen) atoms. The zero-order valence-corrected chi connectivity index (χ0v) is 19.4. The van der Waals surface area contributed by atoms with Gasteiger partial charge >= 0.3 is 0 Å². The standard InChI is InChI=1S/C27H34N2O4/c1-2-32-24-14-12-21(13-15-24)25-11-7-18-29(25)27(31)22-8-6-17-28(20-22)26(30)16-19-33-23-9-4-3-5-10-23/h3-5,9-10,12-15,22,25H,2,6-8,11,16-20H2,1H3/t22-,25+/m0/s1. The summed E-state index contributed by atoms with van der Waals surface area (Å²) >= 11 is 0. The lowest BCUT2D eigenvalue weighted by atomic mass is 9.95. The SMILES string of the molecule is CCOc1ccc([C@H]2CCCN2C(=O)[C@H]2CCCN(C(=O)CCOc3ccccc3)C2)cc1. The fraction of sp³-hybridized carbons (Fsp3) is 0.481. The monoisotopic (exact) mass is 450 g/mol. The van der Waals surface area contributed by atoms with Gasteiger partial charge in [0.25, 0.3) is 0 Å². The molecule has 2 amide bonds. The van der Waals surface area contributed by atoms with Gasteiger partial charge < -0.3 is 19.3 Å². The minimum atomic E-state index is -0.124. The van der Waals surface area contributed by atoms with Crippen LogP contribution in [0.25, 0.3) is 0 Å². The maximum absolute atomic E-state index is 13.5. The molecule has 2 aliphatic rings. The summed E-state index contributed by atoms with van der Waals surface area (Å²) in [4.78, 5) is 30.1. The molecule has 0 aliphatic carbocycles. The van der Waals surface area contributed by atoms with Crippen LogP contribution in [0.3, 0.4) is 0 Å². The normalized spacial score (nSPS) is 20.5. The number of benzene rings is 2. The molecule has 2 saturated heterocycles. The third-order valence-corrected chi connectivity index (χ3v) is 6.56. The summed E-state index contributed by atoms with van der Waals surface area (Å²) in [6, 6.07) is 17.8. The van der Waals surface area contributed by atoms with Crippen molar-refractivity contribution < 1.29 is 19.1 Å².